The molecule has 7 heteroatoms. The number of aliphatic hydroxyl groups is 1. The molecule has 0 saturated carbocycles. The van der Waals surface area contributed by atoms with Crippen LogP contribution >= 0.6 is 0 Å². The molecular formula is C20H23N3O4. The van der Waals surface area contributed by atoms with Crippen LogP contribution in [-0.2, 0) is 16.0 Å². The molecule has 0 radical (unpaired) electrons. The van der Waals surface area contributed by atoms with Crippen molar-refractivity contribution in [3.8, 4) is 5.75 Å². The van der Waals surface area contributed by atoms with Crippen LogP contribution in [0.2, 0.25) is 0 Å². The Bertz CT molecular complexity index is 846. The van der Waals surface area contributed by atoms with E-state index in [-0.39, 0.29) is 11.7 Å². The fourth-order valence-corrected chi connectivity index (χ4v) is 4.38. The number of hydrogen-bond acceptors (Lipinski definition) is 5. The predicted octanol–water partition coefficient (Wildman–Crippen LogP) is 1.29. The Kier molecular flexibility index (Phi) is 3.73. The maximum atomic E-state index is 11.6. The minimum Gasteiger partial charge on any atom is -0.497 e. The SMILES string of the molecule is COc1ccc(C[C@@]23CC4(C=CC(=O)C=C4)O[C@@]2(O)N(C)C(=N)N3C)cc1. The first-order valence-corrected chi connectivity index (χ1v) is 8.79. The van der Waals surface area contributed by atoms with Crippen molar-refractivity contribution in [1.82, 2.24) is 9.80 Å². The molecule has 2 fully saturated rings. The number of ether oxygens (including phenoxy) is 2. The fourth-order valence-electron chi connectivity index (χ4n) is 4.38. The van der Waals surface area contributed by atoms with Crippen LogP contribution in [0.3, 0.4) is 0 Å². The van der Waals surface area contributed by atoms with E-state index < -0.39 is 17.1 Å². The van der Waals surface area contributed by atoms with Gasteiger partial charge in [-0.25, -0.2) is 0 Å². The van der Waals surface area contributed by atoms with E-state index in [1.165, 1.54) is 17.1 Å². The van der Waals surface area contributed by atoms with Gasteiger partial charge in [0.05, 0.1) is 7.11 Å². The number of fused-ring (bicyclic) bond motifs is 1. The minimum atomic E-state index is -1.70. The Morgan fingerprint density at radius 2 is 1.81 bits per heavy atom. The van der Waals surface area contributed by atoms with Crippen molar-refractivity contribution >= 4 is 11.7 Å². The third kappa shape index (κ3) is 2.35. The molecule has 2 N–H and O–H groups in total. The molecule has 0 aromatic heterocycles. The average molecular weight is 369 g/mol. The van der Waals surface area contributed by atoms with E-state index in [1.54, 1.807) is 38.3 Å². The highest BCUT2D eigenvalue weighted by atomic mass is 16.7. The molecule has 1 aromatic rings. The lowest BCUT2D eigenvalue weighted by molar-refractivity contribution is -0.281. The van der Waals surface area contributed by atoms with Gasteiger partial charge in [-0.15, -0.1) is 0 Å². The molecule has 2 aliphatic heterocycles. The molecule has 2 heterocycles. The monoisotopic (exact) mass is 369 g/mol. The Morgan fingerprint density at radius 3 is 2.41 bits per heavy atom. The van der Waals surface area contributed by atoms with Gasteiger partial charge in [0, 0.05) is 26.9 Å². The Hall–Kier alpha value is -2.64. The van der Waals surface area contributed by atoms with E-state index in [0.717, 1.165) is 11.3 Å². The number of allylic oxidation sites excluding steroid dienone is 2. The highest BCUT2D eigenvalue weighted by Crippen LogP contribution is 2.55. The molecule has 0 unspecified atom stereocenters. The van der Waals surface area contributed by atoms with Crippen LogP contribution in [0, 0.1) is 5.41 Å². The Labute approximate surface area is 158 Å². The lowest BCUT2D eigenvalue weighted by Gasteiger charge is -2.38. The fraction of sp³-hybridized carbons (Fsp3) is 0.400. The number of rotatable bonds is 3. The van der Waals surface area contributed by atoms with E-state index in [0.29, 0.717) is 12.8 Å². The number of guanidine groups is 1. The normalized spacial score (nSPS) is 31.1. The molecule has 142 valence electrons. The van der Waals surface area contributed by atoms with Gasteiger partial charge in [-0.2, -0.15) is 0 Å². The quantitative estimate of drug-likeness (QED) is 0.835. The smallest absolute Gasteiger partial charge is 0.277 e. The summed E-state index contributed by atoms with van der Waals surface area (Å²) in [7, 11) is 5.06. The molecule has 7 nitrogen and oxygen atoms in total. The number of likely N-dealkylation sites (N-methyl/N-ethyl adjacent to an activating group) is 2. The minimum absolute atomic E-state index is 0.105. The summed E-state index contributed by atoms with van der Waals surface area (Å²) in [4.78, 5) is 14.8. The predicted molar refractivity (Wildman–Crippen MR) is 99.4 cm³/mol. The van der Waals surface area contributed by atoms with Crippen LogP contribution in [0.15, 0.2) is 48.6 Å². The van der Waals surface area contributed by atoms with Crippen LogP contribution in [0.25, 0.3) is 0 Å². The summed E-state index contributed by atoms with van der Waals surface area (Å²) in [6, 6.07) is 7.65. The zero-order valence-corrected chi connectivity index (χ0v) is 15.6. The summed E-state index contributed by atoms with van der Waals surface area (Å²) in [5.41, 5.74) is -0.787. The summed E-state index contributed by atoms with van der Waals surface area (Å²) >= 11 is 0. The lowest BCUT2D eigenvalue weighted by Crippen LogP contribution is -2.59. The Morgan fingerprint density at radius 1 is 1.19 bits per heavy atom. The molecule has 4 rings (SSSR count). The summed E-state index contributed by atoms with van der Waals surface area (Å²) in [6.45, 7) is 0. The first-order valence-electron chi connectivity index (χ1n) is 8.79. The summed E-state index contributed by atoms with van der Waals surface area (Å²) in [5, 5.41) is 20.0. The van der Waals surface area contributed by atoms with Crippen molar-refractivity contribution in [3.05, 3.63) is 54.1 Å². The molecule has 0 amide bonds. The van der Waals surface area contributed by atoms with E-state index in [2.05, 4.69) is 0 Å². The second-order valence-corrected chi connectivity index (χ2v) is 7.41. The molecule has 3 aliphatic rings. The lowest BCUT2D eigenvalue weighted by atomic mass is 9.79. The van der Waals surface area contributed by atoms with Crippen LogP contribution in [0.5, 0.6) is 5.75 Å². The van der Waals surface area contributed by atoms with E-state index in [1.807, 2.05) is 24.3 Å². The topological polar surface area (TPSA) is 86.1 Å². The van der Waals surface area contributed by atoms with Crippen molar-refractivity contribution in [2.45, 2.75) is 29.9 Å². The number of hydrogen-bond donors (Lipinski definition) is 2. The number of carbonyl (C=O) groups is 1. The molecule has 1 aliphatic carbocycles. The third-order valence-corrected chi connectivity index (χ3v) is 5.95. The van der Waals surface area contributed by atoms with Gasteiger partial charge in [-0.1, -0.05) is 12.1 Å². The summed E-state index contributed by atoms with van der Waals surface area (Å²) in [6.07, 6.45) is 7.22. The van der Waals surface area contributed by atoms with Gasteiger partial charge in [-0.05, 0) is 42.0 Å². The highest BCUT2D eigenvalue weighted by Gasteiger charge is 2.72. The average Bonchev–Trinajstić information content (AvgIpc) is 2.98. The van der Waals surface area contributed by atoms with E-state index in [4.69, 9.17) is 14.9 Å². The van der Waals surface area contributed by atoms with Crippen LogP contribution < -0.4 is 4.74 Å². The van der Waals surface area contributed by atoms with Gasteiger partial charge >= 0.3 is 0 Å². The summed E-state index contributed by atoms with van der Waals surface area (Å²) < 4.78 is 11.4. The largest absolute Gasteiger partial charge is 0.497 e. The second-order valence-electron chi connectivity index (χ2n) is 7.41. The van der Waals surface area contributed by atoms with Crippen molar-refractivity contribution < 1.29 is 19.4 Å². The number of carbonyl (C=O) groups excluding carboxylic acids is 1. The second kappa shape index (κ2) is 5.68. The molecule has 27 heavy (non-hydrogen) atoms. The van der Waals surface area contributed by atoms with Gasteiger partial charge < -0.3 is 19.5 Å². The van der Waals surface area contributed by atoms with Gasteiger partial charge in [0.1, 0.15) is 16.9 Å². The van der Waals surface area contributed by atoms with Gasteiger partial charge in [0.2, 0.25) is 0 Å². The molecule has 0 bridgehead atoms. The first-order chi connectivity index (χ1) is 12.8. The number of nitrogens with one attached hydrogen (secondary N) is 1. The van der Waals surface area contributed by atoms with Crippen molar-refractivity contribution in [1.29, 1.82) is 5.41 Å². The highest BCUT2D eigenvalue weighted by molar-refractivity contribution is 6.00. The van der Waals surface area contributed by atoms with Gasteiger partial charge in [0.15, 0.2) is 11.7 Å². The molecular weight excluding hydrogens is 346 g/mol. The molecule has 1 aromatic carbocycles. The first kappa shape index (κ1) is 17.8. The number of nitrogens with zero attached hydrogens (tertiary/aromatic N) is 2. The van der Waals surface area contributed by atoms with Crippen molar-refractivity contribution in [2.24, 2.45) is 0 Å². The summed E-state index contributed by atoms with van der Waals surface area (Å²) in [5.74, 6) is -0.868. The van der Waals surface area contributed by atoms with Gasteiger partial charge in [-0.3, -0.25) is 15.1 Å². The van der Waals surface area contributed by atoms with Crippen LogP contribution in [0.4, 0.5) is 0 Å². The zero-order valence-electron chi connectivity index (χ0n) is 15.6. The standard InChI is InChI=1S/C20H23N3O4/c1-22-17(21)23(2)20(25)19(22,12-14-4-6-16(26-3)7-5-14)13-18(27-20)10-8-15(24)9-11-18/h4-11,21,25H,12-13H2,1-3H3/t19-,20-/m1/s1. The maximum absolute atomic E-state index is 11.6. The molecule has 2 saturated heterocycles. The zero-order chi connectivity index (χ0) is 19.4. The van der Waals surface area contributed by atoms with Crippen molar-refractivity contribution in [2.75, 3.05) is 21.2 Å². The van der Waals surface area contributed by atoms with Gasteiger partial charge in [0.25, 0.3) is 5.91 Å². The molecule has 2 atom stereocenters. The number of benzene rings is 1. The van der Waals surface area contributed by atoms with E-state index >= 15 is 0 Å². The third-order valence-electron chi connectivity index (χ3n) is 5.95. The maximum Gasteiger partial charge on any atom is 0.277 e. The number of ketones is 1. The van der Waals surface area contributed by atoms with Crippen LogP contribution in [-0.4, -0.2) is 64.9 Å². The number of methoxy groups -OCH3 is 1. The van der Waals surface area contributed by atoms with E-state index in [9.17, 15) is 9.90 Å². The Balaban J connectivity index is 1.77. The molecule has 1 spiro atoms. The van der Waals surface area contributed by atoms with Crippen molar-refractivity contribution in [3.63, 3.8) is 0 Å². The van der Waals surface area contributed by atoms with Crippen LogP contribution in [0.1, 0.15) is 12.0 Å².